The number of rotatable bonds is 0. The average molecular weight is 168 g/mol. The second-order valence-corrected chi connectivity index (χ2v) is 3.35. The van der Waals surface area contributed by atoms with E-state index in [0.29, 0.717) is 4.32 Å². The van der Waals surface area contributed by atoms with Crippen molar-refractivity contribution in [2.45, 2.75) is 5.56 Å². The predicted molar refractivity (Wildman–Crippen MR) is 40.2 cm³/mol. The van der Waals surface area contributed by atoms with E-state index in [2.05, 4.69) is 30.5 Å². The first kappa shape index (κ1) is 6.63. The number of aliphatic hydroxyl groups excluding tert-OH is 1. The molecule has 1 aliphatic heterocycles. The van der Waals surface area contributed by atoms with Crippen LogP contribution in [0.4, 0.5) is 0 Å². The number of nitrogens with zero attached hydrogens (tertiary/aromatic N) is 1. The fourth-order valence-corrected chi connectivity index (χ4v) is 1.55. The van der Waals surface area contributed by atoms with Crippen molar-refractivity contribution in [1.29, 1.82) is 0 Å². The molecule has 0 saturated carbocycles. The van der Waals surface area contributed by atoms with Crippen molar-refractivity contribution in [3.05, 3.63) is 0 Å². The fraction of sp³-hybridized carbons (Fsp3) is 0.500. The molecular formula is C2H4N2OS3. The molecule has 3 nitrogen and oxygen atoms in total. The summed E-state index contributed by atoms with van der Waals surface area (Å²) in [6, 6.07) is 0. The maximum Gasteiger partial charge on any atom is 0.189 e. The van der Waals surface area contributed by atoms with Crippen LogP contribution >= 0.6 is 36.8 Å². The molecule has 1 aliphatic rings. The van der Waals surface area contributed by atoms with Crippen LogP contribution in [0.25, 0.3) is 0 Å². The molecule has 0 bridgehead atoms. The second-order valence-electron chi connectivity index (χ2n) is 1.19. The van der Waals surface area contributed by atoms with Crippen LogP contribution in [0.1, 0.15) is 0 Å². The maximum atomic E-state index is 8.83. The quantitative estimate of drug-likeness (QED) is 0.349. The lowest BCUT2D eigenvalue weighted by Crippen LogP contribution is -2.28. The fourth-order valence-electron chi connectivity index (χ4n) is 0.321. The Morgan fingerprint density at radius 1 is 2.00 bits per heavy atom. The van der Waals surface area contributed by atoms with Crippen LogP contribution < -0.4 is 5.43 Å². The molecule has 0 spiro atoms. The molecule has 1 rings (SSSR count). The molecule has 0 aliphatic carbocycles. The van der Waals surface area contributed by atoms with Crippen LogP contribution in [-0.2, 0) is 0 Å². The number of hydrogen-bond donors (Lipinski definition) is 3. The van der Waals surface area contributed by atoms with Gasteiger partial charge in [-0.25, -0.2) is 0 Å². The van der Waals surface area contributed by atoms with Crippen molar-refractivity contribution < 1.29 is 5.11 Å². The molecule has 6 heteroatoms. The lowest BCUT2D eigenvalue weighted by molar-refractivity contribution is 0.149. The highest BCUT2D eigenvalue weighted by molar-refractivity contribution is 8.23. The van der Waals surface area contributed by atoms with Crippen molar-refractivity contribution in [3.63, 3.8) is 0 Å². The molecular weight excluding hydrogens is 164 g/mol. The summed E-state index contributed by atoms with van der Waals surface area (Å²) < 4.78 is 1.79. The highest BCUT2D eigenvalue weighted by Crippen LogP contribution is 2.20. The van der Waals surface area contributed by atoms with Gasteiger partial charge in [0.1, 0.15) is 0 Å². The molecule has 1 saturated heterocycles. The van der Waals surface area contributed by atoms with Gasteiger partial charge in [0.25, 0.3) is 0 Å². The van der Waals surface area contributed by atoms with Gasteiger partial charge in [0.05, 0.1) is 0 Å². The van der Waals surface area contributed by atoms with Gasteiger partial charge in [0.2, 0.25) is 0 Å². The van der Waals surface area contributed by atoms with E-state index in [4.69, 9.17) is 5.11 Å². The molecule has 0 radical (unpaired) electrons. The van der Waals surface area contributed by atoms with E-state index in [1.165, 1.54) is 4.41 Å². The lowest BCUT2D eigenvalue weighted by atomic mass is 11.3. The highest BCUT2D eigenvalue weighted by atomic mass is 32.2. The molecule has 1 atom stereocenters. The first-order chi connectivity index (χ1) is 3.70. The van der Waals surface area contributed by atoms with Crippen LogP contribution in [0, 0.1) is 0 Å². The minimum atomic E-state index is -0.647. The van der Waals surface area contributed by atoms with Gasteiger partial charge in [0.15, 0.2) is 9.88 Å². The van der Waals surface area contributed by atoms with Gasteiger partial charge in [0, 0.05) is 0 Å². The van der Waals surface area contributed by atoms with Crippen molar-refractivity contribution >= 4 is 41.1 Å². The molecule has 2 N–H and O–H groups in total. The zero-order chi connectivity index (χ0) is 6.15. The van der Waals surface area contributed by atoms with Gasteiger partial charge in [-0.2, -0.15) is 0 Å². The number of thiocarbonyl (C=S) groups is 1. The number of thioether (sulfide) groups is 1. The Balaban J connectivity index is 2.51. The minimum absolute atomic E-state index is 0.549. The maximum absolute atomic E-state index is 8.83. The van der Waals surface area contributed by atoms with Crippen LogP contribution in [0.2, 0.25) is 0 Å². The van der Waals surface area contributed by atoms with E-state index in [0.717, 1.165) is 11.8 Å². The Morgan fingerprint density at radius 3 is 2.75 bits per heavy atom. The molecule has 1 unspecified atom stereocenters. The van der Waals surface area contributed by atoms with Gasteiger partial charge in [-0.15, -0.1) is 4.41 Å². The molecule has 0 aromatic heterocycles. The summed E-state index contributed by atoms with van der Waals surface area (Å²) in [7, 11) is 0. The number of thiol groups is 1. The van der Waals surface area contributed by atoms with Gasteiger partial charge in [-0.3, -0.25) is 5.43 Å². The first-order valence-corrected chi connectivity index (χ1v) is 3.52. The number of hydrogen-bond acceptors (Lipinski definition) is 5. The summed E-state index contributed by atoms with van der Waals surface area (Å²) in [6.45, 7) is 0. The Labute approximate surface area is 61.9 Å². The predicted octanol–water partition coefficient (Wildman–Crippen LogP) is -0.0546. The topological polar surface area (TPSA) is 35.5 Å². The van der Waals surface area contributed by atoms with Crippen LogP contribution in [-0.4, -0.2) is 19.4 Å². The van der Waals surface area contributed by atoms with Crippen molar-refractivity contribution in [1.82, 2.24) is 9.84 Å². The molecule has 0 aromatic carbocycles. The Kier molecular flexibility index (Phi) is 1.99. The van der Waals surface area contributed by atoms with Crippen LogP contribution in [0.15, 0.2) is 0 Å². The summed E-state index contributed by atoms with van der Waals surface area (Å²) in [6.07, 6.45) is 0. The first-order valence-electron chi connectivity index (χ1n) is 1.83. The summed E-state index contributed by atoms with van der Waals surface area (Å²) in [4.78, 5) is 0. The van der Waals surface area contributed by atoms with Crippen molar-refractivity contribution in [3.8, 4) is 0 Å². The number of hydrazine groups is 1. The summed E-state index contributed by atoms with van der Waals surface area (Å²) in [5, 5.41) is 8.83. The number of nitrogens with one attached hydrogen (secondary N) is 1. The zero-order valence-corrected chi connectivity index (χ0v) is 6.26. The molecule has 46 valence electrons. The van der Waals surface area contributed by atoms with E-state index in [9.17, 15) is 0 Å². The van der Waals surface area contributed by atoms with E-state index in [1.54, 1.807) is 0 Å². The Morgan fingerprint density at radius 2 is 2.62 bits per heavy atom. The van der Waals surface area contributed by atoms with Crippen molar-refractivity contribution in [2.24, 2.45) is 0 Å². The van der Waals surface area contributed by atoms with E-state index < -0.39 is 5.56 Å². The third kappa shape index (κ3) is 1.26. The Bertz CT molecular complexity index is 106. The third-order valence-electron chi connectivity index (χ3n) is 0.628. The average Bonchev–Trinajstić information content (AvgIpc) is 1.85. The van der Waals surface area contributed by atoms with Crippen LogP contribution in [0.3, 0.4) is 0 Å². The molecule has 1 heterocycles. The second kappa shape index (κ2) is 2.40. The van der Waals surface area contributed by atoms with E-state index in [-0.39, 0.29) is 0 Å². The standard InChI is InChI=1S/C2H4N2OS3/c5-2-4(7)3-1(6)8-2/h2,5,7H,(H,3,6). The Hall–Kier alpha value is 0.510. The van der Waals surface area contributed by atoms with Gasteiger partial charge < -0.3 is 5.11 Å². The van der Waals surface area contributed by atoms with E-state index >= 15 is 0 Å². The molecule has 8 heavy (non-hydrogen) atoms. The summed E-state index contributed by atoms with van der Waals surface area (Å²) in [5.41, 5.74) is 1.96. The van der Waals surface area contributed by atoms with Crippen LogP contribution in [0.5, 0.6) is 0 Å². The van der Waals surface area contributed by atoms with Gasteiger partial charge in [-0.1, -0.05) is 25.0 Å². The van der Waals surface area contributed by atoms with Gasteiger partial charge in [-0.05, 0) is 11.8 Å². The molecule has 0 amide bonds. The smallest absolute Gasteiger partial charge is 0.189 e. The largest absolute Gasteiger partial charge is 0.367 e. The van der Waals surface area contributed by atoms with Crippen molar-refractivity contribution in [2.75, 3.05) is 0 Å². The SMILES string of the molecule is OC1SC(=S)NN1S. The third-order valence-corrected chi connectivity index (χ3v) is 2.21. The minimum Gasteiger partial charge on any atom is -0.367 e. The zero-order valence-electron chi connectivity index (χ0n) is 3.74. The monoisotopic (exact) mass is 168 g/mol. The van der Waals surface area contributed by atoms with E-state index in [1.807, 2.05) is 0 Å². The molecule has 1 fully saturated rings. The summed E-state index contributed by atoms with van der Waals surface area (Å²) >= 11 is 9.64. The number of aliphatic hydroxyl groups is 1. The molecule has 0 aromatic rings. The lowest BCUT2D eigenvalue weighted by Gasteiger charge is -2.07. The highest BCUT2D eigenvalue weighted by Gasteiger charge is 2.23. The summed E-state index contributed by atoms with van der Waals surface area (Å²) in [5.74, 6) is 0. The normalized spacial score (nSPS) is 30.8. The van der Waals surface area contributed by atoms with Gasteiger partial charge >= 0.3 is 0 Å².